The molecule has 1 aromatic heterocycles. The van der Waals surface area contributed by atoms with E-state index in [0.29, 0.717) is 0 Å². The summed E-state index contributed by atoms with van der Waals surface area (Å²) in [5.41, 5.74) is 1.30. The zero-order valence-electron chi connectivity index (χ0n) is 9.59. The van der Waals surface area contributed by atoms with Crippen LogP contribution in [0.25, 0.3) is 0 Å². The van der Waals surface area contributed by atoms with Gasteiger partial charge in [0.25, 0.3) is 0 Å². The SMILES string of the molecule is BrCCN(Cc1ccccc1)c1ccccn1. The highest BCUT2D eigenvalue weighted by Crippen LogP contribution is 2.13. The second-order valence-electron chi connectivity index (χ2n) is 3.78. The van der Waals surface area contributed by atoms with Crippen molar-refractivity contribution in [2.45, 2.75) is 6.54 Å². The van der Waals surface area contributed by atoms with Crippen LogP contribution in [0.3, 0.4) is 0 Å². The molecule has 2 aromatic rings. The van der Waals surface area contributed by atoms with Crippen molar-refractivity contribution in [2.24, 2.45) is 0 Å². The van der Waals surface area contributed by atoms with Gasteiger partial charge in [0, 0.05) is 24.6 Å². The van der Waals surface area contributed by atoms with Crippen molar-refractivity contribution in [2.75, 3.05) is 16.8 Å². The predicted octanol–water partition coefficient (Wildman–Crippen LogP) is 3.48. The summed E-state index contributed by atoms with van der Waals surface area (Å²) in [4.78, 5) is 6.67. The lowest BCUT2D eigenvalue weighted by Gasteiger charge is -2.22. The topological polar surface area (TPSA) is 16.1 Å². The Morgan fingerprint density at radius 2 is 1.76 bits per heavy atom. The summed E-state index contributed by atoms with van der Waals surface area (Å²) in [6, 6.07) is 16.5. The largest absolute Gasteiger partial charge is 0.351 e. The van der Waals surface area contributed by atoms with Crippen molar-refractivity contribution in [3.05, 3.63) is 60.3 Å². The van der Waals surface area contributed by atoms with Crippen molar-refractivity contribution in [1.82, 2.24) is 4.98 Å². The fourth-order valence-corrected chi connectivity index (χ4v) is 2.15. The number of halogens is 1. The molecule has 1 aromatic carbocycles. The maximum absolute atomic E-state index is 4.40. The summed E-state index contributed by atoms with van der Waals surface area (Å²) in [6.45, 7) is 1.84. The van der Waals surface area contributed by atoms with E-state index in [0.717, 1.165) is 24.2 Å². The quantitative estimate of drug-likeness (QED) is 0.784. The lowest BCUT2D eigenvalue weighted by molar-refractivity contribution is 0.821. The third-order valence-corrected chi connectivity index (χ3v) is 2.90. The molecule has 0 saturated carbocycles. The van der Waals surface area contributed by atoms with Crippen LogP contribution in [0, 0.1) is 0 Å². The second kappa shape index (κ2) is 6.40. The molecule has 0 radical (unpaired) electrons. The standard InChI is InChI=1S/C14H15BrN2/c15-9-11-17(14-8-4-5-10-16-14)12-13-6-2-1-3-7-13/h1-8,10H,9,11-12H2. The van der Waals surface area contributed by atoms with Crippen LogP contribution in [0.4, 0.5) is 5.82 Å². The van der Waals surface area contributed by atoms with Crippen molar-refractivity contribution >= 4 is 21.7 Å². The molecule has 3 heteroatoms. The fourth-order valence-electron chi connectivity index (χ4n) is 1.72. The van der Waals surface area contributed by atoms with Crippen LogP contribution >= 0.6 is 15.9 Å². The van der Waals surface area contributed by atoms with Gasteiger partial charge in [-0.3, -0.25) is 0 Å². The van der Waals surface area contributed by atoms with Crippen molar-refractivity contribution in [1.29, 1.82) is 0 Å². The predicted molar refractivity (Wildman–Crippen MR) is 75.5 cm³/mol. The number of benzene rings is 1. The van der Waals surface area contributed by atoms with E-state index in [1.54, 1.807) is 0 Å². The number of anilines is 1. The first-order valence-corrected chi connectivity index (χ1v) is 6.78. The molecule has 0 N–H and O–H groups in total. The van der Waals surface area contributed by atoms with Gasteiger partial charge in [0.15, 0.2) is 0 Å². The summed E-state index contributed by atoms with van der Waals surface area (Å²) in [5.74, 6) is 1.02. The lowest BCUT2D eigenvalue weighted by Crippen LogP contribution is -2.25. The zero-order chi connectivity index (χ0) is 11.9. The van der Waals surface area contributed by atoms with E-state index in [1.165, 1.54) is 5.56 Å². The van der Waals surface area contributed by atoms with Gasteiger partial charge in [-0.15, -0.1) is 0 Å². The van der Waals surface area contributed by atoms with E-state index < -0.39 is 0 Å². The Hall–Kier alpha value is -1.35. The lowest BCUT2D eigenvalue weighted by atomic mass is 10.2. The summed E-state index contributed by atoms with van der Waals surface area (Å²) in [7, 11) is 0. The zero-order valence-corrected chi connectivity index (χ0v) is 11.2. The van der Waals surface area contributed by atoms with E-state index in [-0.39, 0.29) is 0 Å². The van der Waals surface area contributed by atoms with E-state index >= 15 is 0 Å². The second-order valence-corrected chi connectivity index (χ2v) is 4.58. The number of rotatable bonds is 5. The van der Waals surface area contributed by atoms with Crippen LogP contribution in [-0.4, -0.2) is 16.9 Å². The van der Waals surface area contributed by atoms with Crippen LogP contribution in [0.2, 0.25) is 0 Å². The fraction of sp³-hybridized carbons (Fsp3) is 0.214. The summed E-state index contributed by atoms with van der Waals surface area (Å²) in [5, 5.41) is 0.941. The number of hydrogen-bond acceptors (Lipinski definition) is 2. The number of hydrogen-bond donors (Lipinski definition) is 0. The van der Waals surface area contributed by atoms with Crippen LogP contribution < -0.4 is 4.90 Å². The average molecular weight is 291 g/mol. The summed E-state index contributed by atoms with van der Waals surface area (Å²) >= 11 is 3.49. The highest BCUT2D eigenvalue weighted by atomic mass is 79.9. The van der Waals surface area contributed by atoms with E-state index in [1.807, 2.05) is 30.5 Å². The molecule has 0 aliphatic carbocycles. The first-order valence-electron chi connectivity index (χ1n) is 5.66. The molecule has 0 unspecified atom stereocenters. The van der Waals surface area contributed by atoms with Crippen molar-refractivity contribution in [3.8, 4) is 0 Å². The third kappa shape index (κ3) is 3.56. The Kier molecular flexibility index (Phi) is 4.56. The van der Waals surface area contributed by atoms with Gasteiger partial charge in [0.2, 0.25) is 0 Å². The van der Waals surface area contributed by atoms with Gasteiger partial charge >= 0.3 is 0 Å². The normalized spacial score (nSPS) is 10.2. The van der Waals surface area contributed by atoms with Gasteiger partial charge in [0.05, 0.1) is 0 Å². The highest BCUT2D eigenvalue weighted by Gasteiger charge is 2.06. The Labute approximate surface area is 110 Å². The van der Waals surface area contributed by atoms with Crippen LogP contribution in [0.5, 0.6) is 0 Å². The number of alkyl halides is 1. The molecule has 2 rings (SSSR count). The molecule has 0 fully saturated rings. The van der Waals surface area contributed by atoms with Gasteiger partial charge in [-0.25, -0.2) is 4.98 Å². The molecular formula is C14H15BrN2. The average Bonchev–Trinajstić information content (AvgIpc) is 2.40. The molecular weight excluding hydrogens is 276 g/mol. The Morgan fingerprint density at radius 1 is 1.00 bits per heavy atom. The molecule has 1 heterocycles. The molecule has 0 saturated heterocycles. The Bertz CT molecular complexity index is 430. The van der Waals surface area contributed by atoms with Gasteiger partial charge < -0.3 is 4.90 Å². The van der Waals surface area contributed by atoms with Gasteiger partial charge in [-0.05, 0) is 17.7 Å². The molecule has 0 atom stereocenters. The van der Waals surface area contributed by atoms with E-state index in [4.69, 9.17) is 0 Å². The molecule has 2 nitrogen and oxygen atoms in total. The monoisotopic (exact) mass is 290 g/mol. The van der Waals surface area contributed by atoms with E-state index in [9.17, 15) is 0 Å². The molecule has 17 heavy (non-hydrogen) atoms. The maximum atomic E-state index is 4.40. The molecule has 0 aliphatic heterocycles. The van der Waals surface area contributed by atoms with Crippen LogP contribution in [0.15, 0.2) is 54.7 Å². The molecule has 0 aliphatic rings. The molecule has 88 valence electrons. The Balaban J connectivity index is 2.13. The molecule has 0 amide bonds. The number of pyridine rings is 1. The van der Waals surface area contributed by atoms with Gasteiger partial charge in [-0.2, -0.15) is 0 Å². The van der Waals surface area contributed by atoms with Crippen molar-refractivity contribution < 1.29 is 0 Å². The molecule has 0 bridgehead atoms. The van der Waals surface area contributed by atoms with E-state index in [2.05, 4.69) is 50.1 Å². The summed E-state index contributed by atoms with van der Waals surface area (Å²) in [6.07, 6.45) is 1.83. The molecule has 0 spiro atoms. The minimum atomic E-state index is 0.892. The van der Waals surface area contributed by atoms with Crippen molar-refractivity contribution in [3.63, 3.8) is 0 Å². The van der Waals surface area contributed by atoms with Gasteiger partial charge in [0.1, 0.15) is 5.82 Å². The highest BCUT2D eigenvalue weighted by molar-refractivity contribution is 9.09. The first kappa shape index (κ1) is 12.1. The number of aromatic nitrogens is 1. The van der Waals surface area contributed by atoms with Crippen LogP contribution in [0.1, 0.15) is 5.56 Å². The Morgan fingerprint density at radius 3 is 2.41 bits per heavy atom. The summed E-state index contributed by atoms with van der Waals surface area (Å²) < 4.78 is 0. The minimum Gasteiger partial charge on any atom is -0.351 e. The van der Waals surface area contributed by atoms with Crippen LogP contribution in [-0.2, 0) is 6.54 Å². The third-order valence-electron chi connectivity index (χ3n) is 2.54. The maximum Gasteiger partial charge on any atom is 0.128 e. The number of nitrogens with zero attached hydrogens (tertiary/aromatic N) is 2. The van der Waals surface area contributed by atoms with Gasteiger partial charge in [-0.1, -0.05) is 52.3 Å². The smallest absolute Gasteiger partial charge is 0.128 e. The minimum absolute atomic E-state index is 0.892. The first-order chi connectivity index (χ1) is 8.40.